The van der Waals surface area contributed by atoms with E-state index in [0.29, 0.717) is 22.6 Å². The lowest BCUT2D eigenvalue weighted by Gasteiger charge is -2.12. The van der Waals surface area contributed by atoms with E-state index in [1.165, 1.54) is 19.3 Å². The molecular weight excluding hydrogens is 308 g/mol. The van der Waals surface area contributed by atoms with Gasteiger partial charge in [0.1, 0.15) is 11.4 Å². The average molecular weight is 326 g/mol. The number of nitro benzene ring substituents is 1. The fourth-order valence-corrected chi connectivity index (χ4v) is 2.21. The van der Waals surface area contributed by atoms with E-state index in [2.05, 4.69) is 0 Å². The second kappa shape index (κ2) is 7.41. The summed E-state index contributed by atoms with van der Waals surface area (Å²) in [6.45, 7) is 0. The van der Waals surface area contributed by atoms with Gasteiger partial charge in [0.25, 0.3) is 5.69 Å². The molecule has 2 aromatic carbocycles. The first kappa shape index (κ1) is 17.2. The normalized spacial score (nSPS) is 10.6. The summed E-state index contributed by atoms with van der Waals surface area (Å²) in [6, 6.07) is 11.7. The molecule has 0 spiro atoms. The zero-order valence-electron chi connectivity index (χ0n) is 13.7. The van der Waals surface area contributed by atoms with E-state index in [4.69, 9.17) is 4.74 Å². The van der Waals surface area contributed by atoms with Gasteiger partial charge in [0.05, 0.1) is 12.0 Å². The predicted octanol–water partition coefficient (Wildman–Crippen LogP) is 3.57. The third kappa shape index (κ3) is 3.98. The fourth-order valence-electron chi connectivity index (χ4n) is 2.21. The number of ether oxygens (including phenoxy) is 1. The smallest absolute Gasteiger partial charge is 0.293 e. The molecule has 0 aromatic heterocycles. The Balaban J connectivity index is 2.26. The molecule has 0 heterocycles. The summed E-state index contributed by atoms with van der Waals surface area (Å²) in [6.07, 6.45) is 2.96. The van der Waals surface area contributed by atoms with Gasteiger partial charge in [0, 0.05) is 25.7 Å². The zero-order valence-corrected chi connectivity index (χ0v) is 13.7. The highest BCUT2D eigenvalue weighted by Gasteiger charge is 2.15. The van der Waals surface area contributed by atoms with E-state index in [9.17, 15) is 14.9 Å². The number of nitro groups is 1. The molecule has 24 heavy (non-hydrogen) atoms. The van der Waals surface area contributed by atoms with E-state index in [0.717, 1.165) is 0 Å². The minimum absolute atomic E-state index is 0.00372. The number of ketones is 1. The monoisotopic (exact) mass is 326 g/mol. The van der Waals surface area contributed by atoms with E-state index in [1.807, 2.05) is 0 Å². The minimum atomic E-state index is -0.434. The molecule has 0 aliphatic heterocycles. The molecule has 0 aliphatic rings. The van der Waals surface area contributed by atoms with Crippen LogP contribution in [-0.2, 0) is 0 Å². The number of methoxy groups -OCH3 is 1. The van der Waals surface area contributed by atoms with Crippen molar-refractivity contribution in [3.8, 4) is 5.75 Å². The summed E-state index contributed by atoms with van der Waals surface area (Å²) < 4.78 is 5.09. The van der Waals surface area contributed by atoms with Crippen LogP contribution >= 0.6 is 0 Å². The number of rotatable bonds is 6. The van der Waals surface area contributed by atoms with Gasteiger partial charge in [-0.05, 0) is 29.8 Å². The number of hydrogen-bond acceptors (Lipinski definition) is 5. The maximum atomic E-state index is 12.2. The van der Waals surface area contributed by atoms with Crippen molar-refractivity contribution < 1.29 is 14.5 Å². The van der Waals surface area contributed by atoms with Crippen LogP contribution < -0.4 is 9.64 Å². The van der Waals surface area contributed by atoms with E-state index in [-0.39, 0.29) is 11.5 Å². The molecule has 0 bridgehead atoms. The van der Waals surface area contributed by atoms with Crippen LogP contribution in [0.5, 0.6) is 5.75 Å². The van der Waals surface area contributed by atoms with Gasteiger partial charge in [-0.1, -0.05) is 24.3 Å². The van der Waals surface area contributed by atoms with Crippen LogP contribution in [0.1, 0.15) is 15.9 Å². The van der Waals surface area contributed by atoms with Crippen molar-refractivity contribution in [1.29, 1.82) is 0 Å². The molecular formula is C18H18N2O4. The molecule has 0 atom stereocenters. The Kier molecular flexibility index (Phi) is 5.31. The van der Waals surface area contributed by atoms with Gasteiger partial charge in [0.15, 0.2) is 5.78 Å². The van der Waals surface area contributed by atoms with E-state index in [1.54, 1.807) is 61.5 Å². The van der Waals surface area contributed by atoms with Gasteiger partial charge in [0.2, 0.25) is 0 Å². The summed E-state index contributed by atoms with van der Waals surface area (Å²) in [4.78, 5) is 24.6. The summed E-state index contributed by atoms with van der Waals surface area (Å²) in [5, 5.41) is 11.2. The Morgan fingerprint density at radius 2 is 1.96 bits per heavy atom. The molecule has 124 valence electrons. The van der Waals surface area contributed by atoms with Crippen molar-refractivity contribution in [2.24, 2.45) is 0 Å². The molecule has 0 unspecified atom stereocenters. The number of nitrogens with zero attached hydrogens (tertiary/aromatic N) is 2. The number of carbonyl (C=O) groups is 1. The van der Waals surface area contributed by atoms with Crippen LogP contribution in [-0.4, -0.2) is 31.9 Å². The van der Waals surface area contributed by atoms with Gasteiger partial charge in [-0.2, -0.15) is 0 Å². The summed E-state index contributed by atoms with van der Waals surface area (Å²) in [7, 11) is 5.01. The third-order valence-corrected chi connectivity index (χ3v) is 3.46. The maximum absolute atomic E-state index is 12.2. The van der Waals surface area contributed by atoms with Gasteiger partial charge < -0.3 is 9.64 Å². The Bertz CT molecular complexity index is 797. The largest absolute Gasteiger partial charge is 0.497 e. The summed E-state index contributed by atoms with van der Waals surface area (Å²) in [5.41, 5.74) is 1.58. The molecule has 6 heteroatoms. The molecule has 0 fully saturated rings. The number of anilines is 1. The van der Waals surface area contributed by atoms with Crippen molar-refractivity contribution >= 4 is 23.2 Å². The first-order chi connectivity index (χ1) is 11.4. The second-order valence-corrected chi connectivity index (χ2v) is 5.33. The molecule has 0 N–H and O–H groups in total. The Morgan fingerprint density at radius 1 is 1.21 bits per heavy atom. The lowest BCUT2D eigenvalue weighted by molar-refractivity contribution is -0.384. The number of allylic oxidation sites excluding steroid dienone is 1. The van der Waals surface area contributed by atoms with Crippen molar-refractivity contribution in [3.05, 3.63) is 69.8 Å². The standard InChI is InChI=1S/C18H18N2O4/c1-19(2)16-9-7-13(11-17(16)20(22)23)8-10-18(21)14-5-4-6-15(12-14)24-3/h4-12H,1-3H3/b10-8+. The zero-order chi connectivity index (χ0) is 17.7. The Hall–Kier alpha value is -3.15. The summed E-state index contributed by atoms with van der Waals surface area (Å²) >= 11 is 0. The van der Waals surface area contributed by atoms with Gasteiger partial charge >= 0.3 is 0 Å². The maximum Gasteiger partial charge on any atom is 0.293 e. The number of carbonyl (C=O) groups excluding carboxylic acids is 1. The van der Waals surface area contributed by atoms with Crippen LogP contribution in [0.25, 0.3) is 6.08 Å². The topological polar surface area (TPSA) is 72.7 Å². The van der Waals surface area contributed by atoms with E-state index < -0.39 is 4.92 Å². The molecule has 2 aromatic rings. The highest BCUT2D eigenvalue weighted by molar-refractivity contribution is 6.07. The average Bonchev–Trinajstić information content (AvgIpc) is 2.59. The van der Waals surface area contributed by atoms with Gasteiger partial charge in [-0.25, -0.2) is 0 Å². The Morgan fingerprint density at radius 3 is 2.58 bits per heavy atom. The predicted molar refractivity (Wildman–Crippen MR) is 93.8 cm³/mol. The van der Waals surface area contributed by atoms with Crippen LogP contribution in [0.15, 0.2) is 48.5 Å². The van der Waals surface area contributed by atoms with Crippen LogP contribution in [0.4, 0.5) is 11.4 Å². The van der Waals surface area contributed by atoms with Crippen molar-refractivity contribution in [2.45, 2.75) is 0 Å². The van der Waals surface area contributed by atoms with Crippen LogP contribution in [0.3, 0.4) is 0 Å². The first-order valence-electron chi connectivity index (χ1n) is 7.24. The lowest BCUT2D eigenvalue weighted by Crippen LogP contribution is -2.10. The quantitative estimate of drug-likeness (QED) is 0.351. The molecule has 0 amide bonds. The first-order valence-corrected chi connectivity index (χ1v) is 7.24. The Labute approximate surface area is 140 Å². The van der Waals surface area contributed by atoms with Crippen LogP contribution in [0, 0.1) is 10.1 Å². The molecule has 6 nitrogen and oxygen atoms in total. The fraction of sp³-hybridized carbons (Fsp3) is 0.167. The number of benzene rings is 2. The lowest BCUT2D eigenvalue weighted by atomic mass is 10.1. The van der Waals surface area contributed by atoms with Gasteiger partial charge in [-0.3, -0.25) is 14.9 Å². The van der Waals surface area contributed by atoms with Crippen molar-refractivity contribution in [1.82, 2.24) is 0 Å². The molecule has 0 aliphatic carbocycles. The molecule has 0 saturated carbocycles. The number of hydrogen-bond donors (Lipinski definition) is 0. The van der Waals surface area contributed by atoms with E-state index >= 15 is 0 Å². The van der Waals surface area contributed by atoms with Crippen molar-refractivity contribution in [2.75, 3.05) is 26.1 Å². The molecule has 0 radical (unpaired) electrons. The molecule has 2 rings (SSSR count). The highest BCUT2D eigenvalue weighted by atomic mass is 16.6. The van der Waals surface area contributed by atoms with Crippen molar-refractivity contribution in [3.63, 3.8) is 0 Å². The van der Waals surface area contributed by atoms with Crippen LogP contribution in [0.2, 0.25) is 0 Å². The SMILES string of the molecule is COc1cccc(C(=O)/C=C/c2ccc(N(C)C)c([N+](=O)[O-])c2)c1. The summed E-state index contributed by atoms with van der Waals surface area (Å²) in [5.74, 6) is 0.397. The minimum Gasteiger partial charge on any atom is -0.497 e. The second-order valence-electron chi connectivity index (χ2n) is 5.33. The van der Waals surface area contributed by atoms with Gasteiger partial charge in [-0.15, -0.1) is 0 Å². The highest BCUT2D eigenvalue weighted by Crippen LogP contribution is 2.28. The molecule has 0 saturated heterocycles. The third-order valence-electron chi connectivity index (χ3n) is 3.46.